The van der Waals surface area contributed by atoms with Gasteiger partial charge in [0.25, 0.3) is 0 Å². The van der Waals surface area contributed by atoms with Crippen LogP contribution in [0.25, 0.3) is 0 Å². The highest BCUT2D eigenvalue weighted by Gasteiger charge is 2.13. The standard InChI is InChI=1S/C14H20N4OS2/c1-4-10(3)18-12(6-7-15-18)17-13(19)8-11-9-21-14(16-11)20-5-2/h6-7,9-10H,4-5,8H2,1-3H3,(H,17,19)/t10-/m0/s1. The van der Waals surface area contributed by atoms with Crippen molar-refractivity contribution < 1.29 is 4.79 Å². The normalized spacial score (nSPS) is 12.3. The van der Waals surface area contributed by atoms with Crippen LogP contribution in [0, 0.1) is 0 Å². The molecule has 0 saturated heterocycles. The minimum atomic E-state index is -0.0570. The minimum Gasteiger partial charge on any atom is -0.311 e. The SMILES string of the molecule is CCSc1nc(CC(=O)Nc2ccnn2[C@@H](C)CC)cs1. The average Bonchev–Trinajstić information content (AvgIpc) is 3.08. The smallest absolute Gasteiger partial charge is 0.231 e. The van der Waals surface area contributed by atoms with Crippen molar-refractivity contribution in [2.45, 2.75) is 44.0 Å². The van der Waals surface area contributed by atoms with Gasteiger partial charge in [-0.3, -0.25) is 4.79 Å². The maximum atomic E-state index is 12.1. The van der Waals surface area contributed by atoms with Crippen molar-refractivity contribution in [2.24, 2.45) is 0 Å². The van der Waals surface area contributed by atoms with Crippen molar-refractivity contribution in [2.75, 3.05) is 11.1 Å². The van der Waals surface area contributed by atoms with E-state index in [2.05, 4.69) is 36.2 Å². The van der Waals surface area contributed by atoms with Crippen LogP contribution in [0.1, 0.15) is 38.9 Å². The molecule has 1 atom stereocenters. The summed E-state index contributed by atoms with van der Waals surface area (Å²) in [5.41, 5.74) is 0.822. The molecule has 5 nitrogen and oxygen atoms in total. The molecule has 0 saturated carbocycles. The molecule has 114 valence electrons. The van der Waals surface area contributed by atoms with Crippen LogP contribution in [0.5, 0.6) is 0 Å². The van der Waals surface area contributed by atoms with Gasteiger partial charge in [0.2, 0.25) is 5.91 Å². The van der Waals surface area contributed by atoms with Gasteiger partial charge in [-0.2, -0.15) is 5.10 Å². The lowest BCUT2D eigenvalue weighted by molar-refractivity contribution is -0.115. The fourth-order valence-corrected chi connectivity index (χ4v) is 3.59. The fraction of sp³-hybridized carbons (Fsp3) is 0.500. The molecule has 21 heavy (non-hydrogen) atoms. The zero-order valence-electron chi connectivity index (χ0n) is 12.5. The number of nitrogens with zero attached hydrogens (tertiary/aromatic N) is 3. The van der Waals surface area contributed by atoms with Gasteiger partial charge in [-0.1, -0.05) is 25.6 Å². The molecule has 0 unspecified atom stereocenters. The number of aromatic nitrogens is 3. The first-order valence-corrected chi connectivity index (χ1v) is 8.91. The van der Waals surface area contributed by atoms with E-state index in [1.165, 1.54) is 0 Å². The fourth-order valence-electron chi connectivity index (χ4n) is 1.85. The first kappa shape index (κ1) is 16.0. The lowest BCUT2D eigenvalue weighted by atomic mass is 10.3. The zero-order chi connectivity index (χ0) is 15.2. The molecule has 2 rings (SSSR count). The van der Waals surface area contributed by atoms with Crippen LogP contribution in [0.15, 0.2) is 22.0 Å². The Morgan fingerprint density at radius 2 is 2.33 bits per heavy atom. The maximum Gasteiger partial charge on any atom is 0.231 e. The van der Waals surface area contributed by atoms with Crippen molar-refractivity contribution in [3.05, 3.63) is 23.3 Å². The van der Waals surface area contributed by atoms with Gasteiger partial charge < -0.3 is 5.32 Å². The summed E-state index contributed by atoms with van der Waals surface area (Å²) in [6.07, 6.45) is 2.97. The van der Waals surface area contributed by atoms with E-state index in [0.717, 1.165) is 28.0 Å². The summed E-state index contributed by atoms with van der Waals surface area (Å²) in [5, 5.41) is 9.12. The van der Waals surface area contributed by atoms with Gasteiger partial charge in [0.1, 0.15) is 10.2 Å². The molecule has 0 aliphatic heterocycles. The molecule has 0 spiro atoms. The highest BCUT2D eigenvalue weighted by Crippen LogP contribution is 2.22. The molecule has 0 bridgehead atoms. The monoisotopic (exact) mass is 324 g/mol. The Bertz CT molecular complexity index is 593. The van der Waals surface area contributed by atoms with Crippen molar-refractivity contribution in [3.8, 4) is 0 Å². The third-order valence-corrected chi connectivity index (χ3v) is 5.04. The molecule has 2 aromatic rings. The number of anilines is 1. The van der Waals surface area contributed by atoms with E-state index in [9.17, 15) is 4.79 Å². The van der Waals surface area contributed by atoms with Gasteiger partial charge in [-0.15, -0.1) is 11.3 Å². The van der Waals surface area contributed by atoms with Crippen LogP contribution in [0.2, 0.25) is 0 Å². The van der Waals surface area contributed by atoms with Gasteiger partial charge in [-0.05, 0) is 19.1 Å². The summed E-state index contributed by atoms with van der Waals surface area (Å²) >= 11 is 3.29. The molecule has 1 amide bonds. The lowest BCUT2D eigenvalue weighted by Gasteiger charge is -2.13. The van der Waals surface area contributed by atoms with Crippen LogP contribution < -0.4 is 5.32 Å². The summed E-state index contributed by atoms with van der Waals surface area (Å²) in [7, 11) is 0. The van der Waals surface area contributed by atoms with Crippen LogP contribution >= 0.6 is 23.1 Å². The van der Waals surface area contributed by atoms with Crippen LogP contribution in [0.3, 0.4) is 0 Å². The Morgan fingerprint density at radius 3 is 3.05 bits per heavy atom. The van der Waals surface area contributed by atoms with E-state index in [-0.39, 0.29) is 11.9 Å². The van der Waals surface area contributed by atoms with Gasteiger partial charge in [0.15, 0.2) is 0 Å². The van der Waals surface area contributed by atoms with E-state index in [4.69, 9.17) is 0 Å². The molecule has 0 fully saturated rings. The molecule has 7 heteroatoms. The quantitative estimate of drug-likeness (QED) is 0.791. The first-order chi connectivity index (χ1) is 10.1. The van der Waals surface area contributed by atoms with Crippen molar-refractivity contribution in [1.29, 1.82) is 0 Å². The maximum absolute atomic E-state index is 12.1. The number of hydrogen-bond donors (Lipinski definition) is 1. The Balaban J connectivity index is 1.96. The highest BCUT2D eigenvalue weighted by atomic mass is 32.2. The summed E-state index contributed by atoms with van der Waals surface area (Å²) < 4.78 is 2.86. The molecule has 2 aromatic heterocycles. The molecule has 0 aliphatic carbocycles. The van der Waals surface area contributed by atoms with E-state index >= 15 is 0 Å². The third kappa shape index (κ3) is 4.31. The number of amides is 1. The van der Waals surface area contributed by atoms with E-state index in [1.807, 2.05) is 16.1 Å². The van der Waals surface area contributed by atoms with Gasteiger partial charge >= 0.3 is 0 Å². The minimum absolute atomic E-state index is 0.0570. The van der Waals surface area contributed by atoms with E-state index < -0.39 is 0 Å². The van der Waals surface area contributed by atoms with Crippen molar-refractivity contribution in [3.63, 3.8) is 0 Å². The van der Waals surface area contributed by atoms with Gasteiger partial charge in [0.05, 0.1) is 24.4 Å². The second-order valence-electron chi connectivity index (χ2n) is 4.68. The second-order valence-corrected chi connectivity index (χ2v) is 7.05. The number of thiazole rings is 1. The highest BCUT2D eigenvalue weighted by molar-refractivity contribution is 8.00. The molecular weight excluding hydrogens is 304 g/mol. The second kappa shape index (κ2) is 7.61. The van der Waals surface area contributed by atoms with E-state index in [1.54, 1.807) is 29.3 Å². The predicted octanol–water partition coefficient (Wildman–Crippen LogP) is 3.60. The number of rotatable bonds is 7. The lowest BCUT2D eigenvalue weighted by Crippen LogP contribution is -2.19. The first-order valence-electron chi connectivity index (χ1n) is 7.04. The van der Waals surface area contributed by atoms with Crippen LogP contribution in [-0.2, 0) is 11.2 Å². The van der Waals surface area contributed by atoms with Gasteiger partial charge in [-0.25, -0.2) is 9.67 Å². The van der Waals surface area contributed by atoms with E-state index in [0.29, 0.717) is 6.42 Å². The number of thioether (sulfide) groups is 1. The average molecular weight is 324 g/mol. The topological polar surface area (TPSA) is 59.8 Å². The molecule has 1 N–H and O–H groups in total. The Labute approximate surface area is 133 Å². The number of hydrogen-bond acceptors (Lipinski definition) is 5. The van der Waals surface area contributed by atoms with Crippen molar-refractivity contribution >= 4 is 34.8 Å². The molecule has 0 aromatic carbocycles. The number of carbonyl (C=O) groups is 1. The molecule has 0 radical (unpaired) electrons. The molecule has 0 aliphatic rings. The van der Waals surface area contributed by atoms with Crippen molar-refractivity contribution in [1.82, 2.24) is 14.8 Å². The van der Waals surface area contributed by atoms with Crippen LogP contribution in [-0.4, -0.2) is 26.4 Å². The summed E-state index contributed by atoms with van der Waals surface area (Å²) in [6.45, 7) is 6.27. The Kier molecular flexibility index (Phi) is 5.81. The largest absolute Gasteiger partial charge is 0.311 e. The summed E-state index contributed by atoms with van der Waals surface area (Å²) in [4.78, 5) is 16.6. The summed E-state index contributed by atoms with van der Waals surface area (Å²) in [5.74, 6) is 1.68. The number of carbonyl (C=O) groups excluding carboxylic acids is 1. The predicted molar refractivity (Wildman–Crippen MR) is 88.1 cm³/mol. The van der Waals surface area contributed by atoms with Gasteiger partial charge in [0, 0.05) is 11.4 Å². The van der Waals surface area contributed by atoms with Crippen LogP contribution in [0.4, 0.5) is 5.82 Å². The zero-order valence-corrected chi connectivity index (χ0v) is 14.1. The number of nitrogens with one attached hydrogen (secondary N) is 1. The Morgan fingerprint density at radius 1 is 1.52 bits per heavy atom. The Hall–Kier alpha value is -1.34. The molecule has 2 heterocycles. The third-order valence-electron chi connectivity index (χ3n) is 3.09. The summed E-state index contributed by atoms with van der Waals surface area (Å²) in [6, 6.07) is 2.09. The molecular formula is C14H20N4OS2.